The second-order valence-corrected chi connectivity index (χ2v) is 17.9. The number of allylic oxidation sites excluding steroid dienone is 2. The van der Waals surface area contributed by atoms with Crippen LogP contribution in [0.4, 0.5) is 0 Å². The van der Waals surface area contributed by atoms with Crippen LogP contribution in [-0.4, -0.2) is 0 Å². The Balaban J connectivity index is 1.35. The SMILES string of the molecule is C1=C[CH]([Cr]([c]2cccc3c2Cc2ccccc2-3)([c]2cccc3c2Cc2ccccc2-3)[CH]2C=Cc3ccccc32)c2ccccc21. The van der Waals surface area contributed by atoms with Gasteiger partial charge in [0.25, 0.3) is 0 Å². The summed E-state index contributed by atoms with van der Waals surface area (Å²) in [5, 5.41) is 0. The van der Waals surface area contributed by atoms with Crippen molar-refractivity contribution in [1.29, 1.82) is 0 Å². The fourth-order valence-electron chi connectivity index (χ4n) is 8.79. The summed E-state index contributed by atoms with van der Waals surface area (Å²) < 4.78 is 3.90. The first-order chi connectivity index (χ1) is 22.3. The fourth-order valence-corrected chi connectivity index (χ4v) is 17.1. The van der Waals surface area contributed by atoms with Gasteiger partial charge in [-0.05, 0) is 0 Å². The predicted molar refractivity (Wildman–Crippen MR) is 185 cm³/mol. The summed E-state index contributed by atoms with van der Waals surface area (Å²) in [4.78, 5) is 0. The fraction of sp³-hybridized carbons (Fsp3) is 0.0909. The molecule has 0 N–H and O–H groups in total. The van der Waals surface area contributed by atoms with Crippen LogP contribution in [0.1, 0.15) is 54.1 Å². The Kier molecular flexibility index (Phi) is 5.51. The van der Waals surface area contributed by atoms with Crippen LogP contribution in [0.3, 0.4) is 0 Å². The van der Waals surface area contributed by atoms with Crippen molar-refractivity contribution in [2.45, 2.75) is 22.4 Å². The van der Waals surface area contributed by atoms with Crippen molar-refractivity contribution < 1.29 is 13.1 Å². The van der Waals surface area contributed by atoms with Crippen molar-refractivity contribution in [2.24, 2.45) is 0 Å². The van der Waals surface area contributed by atoms with Crippen LogP contribution in [0.5, 0.6) is 0 Å². The first-order valence-electron chi connectivity index (χ1n) is 16.1. The van der Waals surface area contributed by atoms with Crippen molar-refractivity contribution >= 4 is 21.0 Å². The number of hydrogen-bond donors (Lipinski definition) is 0. The van der Waals surface area contributed by atoms with E-state index in [1.165, 1.54) is 55.6 Å². The van der Waals surface area contributed by atoms with Crippen molar-refractivity contribution in [3.05, 3.63) is 190 Å². The predicted octanol–water partition coefficient (Wildman–Crippen LogP) is 9.47. The topological polar surface area (TPSA) is 0 Å². The summed E-state index contributed by atoms with van der Waals surface area (Å²) in [6.07, 6.45) is 12.1. The third-order valence-corrected chi connectivity index (χ3v) is 17.9. The van der Waals surface area contributed by atoms with E-state index in [1.54, 1.807) is 20.0 Å². The molecule has 0 spiro atoms. The molecule has 214 valence electrons. The Hall–Kier alpha value is -4.67. The van der Waals surface area contributed by atoms with Crippen molar-refractivity contribution in [3.63, 3.8) is 0 Å². The summed E-state index contributed by atoms with van der Waals surface area (Å²) in [5.74, 6) is 0. The monoisotopic (exact) mass is 612 g/mol. The second-order valence-electron chi connectivity index (χ2n) is 12.8. The average molecular weight is 613 g/mol. The summed E-state index contributed by atoms with van der Waals surface area (Å²) in [5.41, 5.74) is 17.5. The van der Waals surface area contributed by atoms with Crippen LogP contribution in [0.25, 0.3) is 34.4 Å². The molecule has 45 heavy (non-hydrogen) atoms. The summed E-state index contributed by atoms with van der Waals surface area (Å²) in [7, 11) is 0. The third kappa shape index (κ3) is 3.49. The molecule has 2 unspecified atom stereocenters. The molecule has 0 saturated carbocycles. The number of rotatable bonds is 4. The molecule has 6 aromatic rings. The minimum atomic E-state index is -3.05. The van der Waals surface area contributed by atoms with Gasteiger partial charge in [-0.3, -0.25) is 0 Å². The molecular formula is C44H32Cr. The summed E-state index contributed by atoms with van der Waals surface area (Å²) in [6.45, 7) is 0. The number of hydrogen-bond acceptors (Lipinski definition) is 0. The molecule has 1 heteroatoms. The van der Waals surface area contributed by atoms with E-state index < -0.39 is 13.1 Å². The zero-order chi connectivity index (χ0) is 29.5. The van der Waals surface area contributed by atoms with Gasteiger partial charge in [-0.2, -0.15) is 0 Å². The van der Waals surface area contributed by atoms with Crippen LogP contribution < -0.4 is 8.85 Å². The first-order valence-corrected chi connectivity index (χ1v) is 18.8. The molecule has 0 aliphatic heterocycles. The molecule has 0 radical (unpaired) electrons. The van der Waals surface area contributed by atoms with Gasteiger partial charge < -0.3 is 0 Å². The van der Waals surface area contributed by atoms with Gasteiger partial charge >= 0.3 is 269 Å². The van der Waals surface area contributed by atoms with E-state index in [2.05, 4.69) is 158 Å². The van der Waals surface area contributed by atoms with Gasteiger partial charge in [-0.1, -0.05) is 0 Å². The standard InChI is InChI=1S/2C13H9.2C9H7.Cr/c2*1-3-7-12-10(5-1)9-11-6-2-4-8-13(11)12;2*1-2-5-9-7-3-6-8(9)4-1;/h2*1-5,7-8H,9H2;2*1-7H;. The molecule has 0 bridgehead atoms. The number of fused-ring (bicyclic) bond motifs is 8. The molecule has 6 aromatic carbocycles. The van der Waals surface area contributed by atoms with Gasteiger partial charge in [0.2, 0.25) is 0 Å². The van der Waals surface area contributed by atoms with Crippen LogP contribution in [0.2, 0.25) is 0 Å². The van der Waals surface area contributed by atoms with Gasteiger partial charge in [0, 0.05) is 0 Å². The molecule has 0 aromatic heterocycles. The van der Waals surface area contributed by atoms with Gasteiger partial charge in [0.15, 0.2) is 0 Å². The number of benzene rings is 6. The Morgan fingerprint density at radius 1 is 0.400 bits per heavy atom. The Bertz CT molecular complexity index is 2090. The van der Waals surface area contributed by atoms with E-state index in [4.69, 9.17) is 0 Å². The van der Waals surface area contributed by atoms with Crippen LogP contribution in [0, 0.1) is 0 Å². The van der Waals surface area contributed by atoms with Crippen molar-refractivity contribution in [3.8, 4) is 22.3 Å². The Morgan fingerprint density at radius 2 is 0.822 bits per heavy atom. The quantitative estimate of drug-likeness (QED) is 0.186. The van der Waals surface area contributed by atoms with E-state index in [0.29, 0.717) is 9.56 Å². The van der Waals surface area contributed by atoms with E-state index in [1.807, 2.05) is 0 Å². The van der Waals surface area contributed by atoms with Gasteiger partial charge in [0.05, 0.1) is 0 Å². The molecule has 4 aliphatic rings. The molecule has 0 amide bonds. The van der Waals surface area contributed by atoms with Crippen LogP contribution in [0.15, 0.2) is 146 Å². The molecule has 0 fully saturated rings. The zero-order valence-corrected chi connectivity index (χ0v) is 26.3. The van der Waals surface area contributed by atoms with E-state index in [0.717, 1.165) is 12.8 Å². The van der Waals surface area contributed by atoms with Crippen LogP contribution in [-0.2, 0) is 25.9 Å². The molecule has 2 atom stereocenters. The Labute approximate surface area is 267 Å². The molecule has 10 rings (SSSR count). The Morgan fingerprint density at radius 3 is 1.33 bits per heavy atom. The van der Waals surface area contributed by atoms with Crippen molar-refractivity contribution in [2.75, 3.05) is 0 Å². The van der Waals surface area contributed by atoms with Gasteiger partial charge in [-0.25, -0.2) is 0 Å². The summed E-state index contributed by atoms with van der Waals surface area (Å²) >= 11 is -3.05. The van der Waals surface area contributed by atoms with Crippen LogP contribution >= 0.6 is 0 Å². The molecular weight excluding hydrogens is 580 g/mol. The van der Waals surface area contributed by atoms with Gasteiger partial charge in [-0.15, -0.1) is 0 Å². The van der Waals surface area contributed by atoms with Gasteiger partial charge in [0.1, 0.15) is 0 Å². The average Bonchev–Trinajstić information content (AvgIpc) is 3.89. The maximum atomic E-state index is 2.60. The molecule has 0 heterocycles. The minimum absolute atomic E-state index is 0.323. The molecule has 4 aliphatic carbocycles. The summed E-state index contributed by atoms with van der Waals surface area (Å²) in [6, 6.07) is 51.2. The van der Waals surface area contributed by atoms with Crippen molar-refractivity contribution in [1.82, 2.24) is 0 Å². The third-order valence-electron chi connectivity index (χ3n) is 10.7. The molecule has 0 nitrogen and oxygen atoms in total. The molecule has 0 saturated heterocycles. The second kappa shape index (κ2) is 9.66. The zero-order valence-electron chi connectivity index (χ0n) is 25.0. The maximum absolute atomic E-state index is 3.05. The van der Waals surface area contributed by atoms with E-state index in [9.17, 15) is 0 Å². The van der Waals surface area contributed by atoms with E-state index in [-0.39, 0.29) is 0 Å². The first kappa shape index (κ1) is 25.6. The normalized spacial score (nSPS) is 18.2. The van der Waals surface area contributed by atoms with E-state index >= 15 is 0 Å².